The highest BCUT2D eigenvalue weighted by Crippen LogP contribution is 2.36. The van der Waals surface area contributed by atoms with Crippen LogP contribution in [0.4, 0.5) is 0 Å². The molecule has 0 radical (unpaired) electrons. The first-order valence-corrected chi connectivity index (χ1v) is 8.37. The molecule has 0 aliphatic carbocycles. The van der Waals surface area contributed by atoms with Gasteiger partial charge in [-0.1, -0.05) is 11.6 Å². The van der Waals surface area contributed by atoms with E-state index in [0.717, 1.165) is 0 Å². The van der Waals surface area contributed by atoms with Crippen LogP contribution >= 0.6 is 11.6 Å². The minimum absolute atomic E-state index is 0.268. The van der Waals surface area contributed by atoms with Gasteiger partial charge in [0.1, 0.15) is 5.69 Å². The Kier molecular flexibility index (Phi) is 5.19. The lowest BCUT2D eigenvalue weighted by Gasteiger charge is -2.11. The predicted molar refractivity (Wildman–Crippen MR) is 95.5 cm³/mol. The third-order valence-electron chi connectivity index (χ3n) is 3.93. The van der Waals surface area contributed by atoms with E-state index in [-0.39, 0.29) is 17.5 Å². The molecule has 2 aromatic heterocycles. The van der Waals surface area contributed by atoms with Crippen LogP contribution in [-0.4, -0.2) is 40.0 Å². The number of hydrogen-bond donors (Lipinski definition) is 1. The Bertz CT molecular complexity index is 880. The van der Waals surface area contributed by atoms with Gasteiger partial charge < -0.3 is 10.1 Å². The molecule has 0 unspecified atom stereocenters. The summed E-state index contributed by atoms with van der Waals surface area (Å²) in [5.41, 5.74) is -0.174. The number of ether oxygens (including phenoxy) is 1. The Morgan fingerprint density at radius 1 is 1.46 bits per heavy atom. The van der Waals surface area contributed by atoms with Gasteiger partial charge in [0.05, 0.1) is 12.1 Å². The number of nitrogens with one attached hydrogen (secondary N) is 1. The van der Waals surface area contributed by atoms with Gasteiger partial charge in [0.25, 0.3) is 5.91 Å². The summed E-state index contributed by atoms with van der Waals surface area (Å²) in [6, 6.07) is 4.90. The number of halogens is 1. The Morgan fingerprint density at radius 3 is 2.92 bits per heavy atom. The van der Waals surface area contributed by atoms with E-state index in [0.29, 0.717) is 36.6 Å². The molecule has 9 heteroatoms. The highest BCUT2D eigenvalue weighted by atomic mass is 35.5. The van der Waals surface area contributed by atoms with E-state index in [4.69, 9.17) is 22.8 Å². The second-order valence-electron chi connectivity index (χ2n) is 5.69. The van der Waals surface area contributed by atoms with Crippen LogP contribution in [0.1, 0.15) is 29.8 Å². The van der Waals surface area contributed by atoms with Crippen molar-refractivity contribution >= 4 is 17.5 Å². The molecule has 3 rings (SSSR count). The van der Waals surface area contributed by atoms with Gasteiger partial charge in [-0.15, -0.1) is 17.4 Å². The molecular weight excluding hydrogens is 356 g/mol. The maximum Gasteiger partial charge on any atom is 0.270 e. The Labute approximate surface area is 155 Å². The summed E-state index contributed by atoms with van der Waals surface area (Å²) < 4.78 is 6.49. The second kappa shape index (κ2) is 7.54. The molecule has 1 amide bonds. The fourth-order valence-electron chi connectivity index (χ4n) is 2.45. The van der Waals surface area contributed by atoms with Crippen LogP contribution in [0.5, 0.6) is 5.88 Å². The monoisotopic (exact) mass is 372 g/mol. The molecule has 134 valence electrons. The van der Waals surface area contributed by atoms with Crippen molar-refractivity contribution in [2.24, 2.45) is 10.2 Å². The van der Waals surface area contributed by atoms with Crippen molar-refractivity contribution in [2.45, 2.75) is 24.9 Å². The maximum absolute atomic E-state index is 12.6. The first-order valence-electron chi connectivity index (χ1n) is 7.99. The molecule has 0 saturated carbocycles. The standard InChI is InChI=1S/C17H17ClN6O2/c1-3-4-7-17(22-23-17)8-10-20-16(25)13-11-14(26-2)21-24(13)15-12(18)6-5-9-19-15/h1,5-6,9,11H,4,7-8,10H2,2H3,(H,20,25). The van der Waals surface area contributed by atoms with E-state index in [9.17, 15) is 4.79 Å². The third-order valence-corrected chi connectivity index (χ3v) is 4.23. The van der Waals surface area contributed by atoms with Crippen LogP contribution in [-0.2, 0) is 0 Å². The van der Waals surface area contributed by atoms with Gasteiger partial charge in [0, 0.05) is 38.1 Å². The fourth-order valence-corrected chi connectivity index (χ4v) is 2.65. The molecule has 0 spiro atoms. The number of nitrogens with zero attached hydrogens (tertiary/aromatic N) is 5. The summed E-state index contributed by atoms with van der Waals surface area (Å²) in [4.78, 5) is 16.8. The molecule has 0 fully saturated rings. The molecule has 1 aliphatic heterocycles. The number of rotatable bonds is 8. The van der Waals surface area contributed by atoms with Crippen molar-refractivity contribution in [3.8, 4) is 24.0 Å². The van der Waals surface area contributed by atoms with E-state index in [1.54, 1.807) is 18.3 Å². The lowest BCUT2D eigenvalue weighted by Crippen LogP contribution is -2.30. The fraction of sp³-hybridized carbons (Fsp3) is 0.353. The number of pyridine rings is 1. The molecule has 0 saturated heterocycles. The van der Waals surface area contributed by atoms with Gasteiger partial charge in [-0.2, -0.15) is 10.2 Å². The normalized spacial score (nSPS) is 13.9. The van der Waals surface area contributed by atoms with E-state index >= 15 is 0 Å². The van der Waals surface area contributed by atoms with E-state index in [2.05, 4.69) is 31.5 Å². The minimum atomic E-state index is -0.443. The number of hydrogen-bond acceptors (Lipinski definition) is 6. The molecular formula is C17H17ClN6O2. The second-order valence-corrected chi connectivity index (χ2v) is 6.09. The number of methoxy groups -OCH3 is 1. The van der Waals surface area contributed by atoms with E-state index in [1.807, 2.05) is 0 Å². The van der Waals surface area contributed by atoms with Gasteiger partial charge in [0.2, 0.25) is 5.88 Å². The van der Waals surface area contributed by atoms with Crippen molar-refractivity contribution in [3.63, 3.8) is 0 Å². The first-order chi connectivity index (χ1) is 12.6. The third kappa shape index (κ3) is 3.83. The summed E-state index contributed by atoms with van der Waals surface area (Å²) in [6.45, 7) is 0.403. The highest BCUT2D eigenvalue weighted by Gasteiger charge is 2.38. The zero-order valence-electron chi connectivity index (χ0n) is 14.1. The van der Waals surface area contributed by atoms with Crippen molar-refractivity contribution in [2.75, 3.05) is 13.7 Å². The summed E-state index contributed by atoms with van der Waals surface area (Å²) in [7, 11) is 1.47. The lowest BCUT2D eigenvalue weighted by atomic mass is 10.0. The number of carbonyl (C=O) groups excluding carboxylic acids is 1. The average Bonchev–Trinajstić information content (AvgIpc) is 3.28. The molecule has 0 aromatic carbocycles. The molecule has 1 aliphatic rings. The molecule has 1 N–H and O–H groups in total. The average molecular weight is 373 g/mol. The summed E-state index contributed by atoms with van der Waals surface area (Å²) in [6.07, 6.45) is 8.73. The molecule has 2 aromatic rings. The molecule has 3 heterocycles. The van der Waals surface area contributed by atoms with Gasteiger partial charge in [-0.05, 0) is 12.1 Å². The summed E-state index contributed by atoms with van der Waals surface area (Å²) in [5, 5.41) is 15.5. The van der Waals surface area contributed by atoms with Gasteiger partial charge in [-0.25, -0.2) is 9.67 Å². The Balaban J connectivity index is 1.71. The van der Waals surface area contributed by atoms with Gasteiger partial charge in [0.15, 0.2) is 11.5 Å². The largest absolute Gasteiger partial charge is 0.480 e. The smallest absolute Gasteiger partial charge is 0.270 e. The number of terminal acetylenes is 1. The quantitative estimate of drug-likeness (QED) is 0.721. The van der Waals surface area contributed by atoms with Crippen LogP contribution in [0, 0.1) is 12.3 Å². The maximum atomic E-state index is 12.6. The first kappa shape index (κ1) is 17.9. The van der Waals surface area contributed by atoms with Crippen LogP contribution in [0.15, 0.2) is 34.6 Å². The topological polar surface area (TPSA) is 93.8 Å². The van der Waals surface area contributed by atoms with Crippen LogP contribution in [0.3, 0.4) is 0 Å². The van der Waals surface area contributed by atoms with Gasteiger partial charge >= 0.3 is 0 Å². The van der Waals surface area contributed by atoms with Gasteiger partial charge in [-0.3, -0.25) is 4.79 Å². The van der Waals surface area contributed by atoms with Crippen molar-refractivity contribution < 1.29 is 9.53 Å². The van der Waals surface area contributed by atoms with Crippen molar-refractivity contribution in [1.29, 1.82) is 0 Å². The zero-order valence-corrected chi connectivity index (χ0v) is 14.9. The minimum Gasteiger partial charge on any atom is -0.480 e. The SMILES string of the molecule is C#CCCC1(CCNC(=O)c2cc(OC)nn2-c2ncccc2Cl)N=N1. The predicted octanol–water partition coefficient (Wildman–Crippen LogP) is 2.62. The Hall–Kier alpha value is -2.92. The van der Waals surface area contributed by atoms with Crippen molar-refractivity contribution in [3.05, 3.63) is 35.1 Å². The molecule has 8 nitrogen and oxygen atoms in total. The lowest BCUT2D eigenvalue weighted by molar-refractivity contribution is 0.0944. The van der Waals surface area contributed by atoms with Crippen LogP contribution in [0.2, 0.25) is 5.02 Å². The summed E-state index contributed by atoms with van der Waals surface area (Å²) in [5.74, 6) is 2.89. The number of aromatic nitrogens is 3. The van der Waals surface area contributed by atoms with Crippen LogP contribution in [0.25, 0.3) is 5.82 Å². The molecule has 0 bridgehead atoms. The van der Waals surface area contributed by atoms with E-state index < -0.39 is 5.66 Å². The summed E-state index contributed by atoms with van der Waals surface area (Å²) >= 11 is 6.17. The number of carbonyl (C=O) groups is 1. The van der Waals surface area contributed by atoms with Crippen LogP contribution < -0.4 is 10.1 Å². The molecule has 0 atom stereocenters. The zero-order chi connectivity index (χ0) is 18.6. The molecule has 26 heavy (non-hydrogen) atoms. The Morgan fingerprint density at radius 2 is 2.27 bits per heavy atom. The highest BCUT2D eigenvalue weighted by molar-refractivity contribution is 6.32. The van der Waals surface area contributed by atoms with Crippen molar-refractivity contribution in [1.82, 2.24) is 20.1 Å². The van der Waals surface area contributed by atoms with E-state index in [1.165, 1.54) is 17.9 Å². The number of amides is 1.